The van der Waals surface area contributed by atoms with Crippen LogP contribution in [0.2, 0.25) is 0 Å². The Labute approximate surface area is 107 Å². The van der Waals surface area contributed by atoms with Crippen LogP contribution in [0.3, 0.4) is 0 Å². The van der Waals surface area contributed by atoms with Crippen molar-refractivity contribution in [2.45, 2.75) is 19.8 Å². The largest absolute Gasteiger partial charge is 0.335 e. The first-order chi connectivity index (χ1) is 8.90. The summed E-state index contributed by atoms with van der Waals surface area (Å²) < 4.78 is 0. The zero-order valence-corrected chi connectivity index (χ0v) is 10.4. The molecule has 1 aliphatic rings. The predicted octanol–water partition coefficient (Wildman–Crippen LogP) is 3.47. The number of hydrogen-bond acceptors (Lipinski definition) is 4. The van der Waals surface area contributed by atoms with Crippen LogP contribution in [-0.2, 0) is 0 Å². The quantitative estimate of drug-likeness (QED) is 0.891. The number of aromatic nitrogens is 2. The zero-order chi connectivity index (χ0) is 12.4. The molecular weight excluding hydrogens is 224 g/mol. The van der Waals surface area contributed by atoms with Crippen LogP contribution >= 0.6 is 0 Å². The molecule has 0 atom stereocenters. The van der Waals surface area contributed by atoms with E-state index in [-0.39, 0.29) is 0 Å². The Kier molecular flexibility index (Phi) is 2.84. The first-order valence-electron chi connectivity index (χ1n) is 6.34. The van der Waals surface area contributed by atoms with E-state index < -0.39 is 0 Å². The maximum absolute atomic E-state index is 4.49. The van der Waals surface area contributed by atoms with Gasteiger partial charge in [0.25, 0.3) is 0 Å². The van der Waals surface area contributed by atoms with E-state index in [9.17, 15) is 0 Å². The number of unbranched alkanes of at least 4 members (excludes halogenated alkanes) is 1. The number of anilines is 4. The Morgan fingerprint density at radius 3 is 2.89 bits per heavy atom. The molecule has 0 saturated carbocycles. The monoisotopic (exact) mass is 240 g/mol. The van der Waals surface area contributed by atoms with Crippen LogP contribution in [0.15, 0.2) is 36.7 Å². The summed E-state index contributed by atoms with van der Waals surface area (Å²) >= 11 is 0. The van der Waals surface area contributed by atoms with E-state index in [1.807, 2.05) is 30.6 Å². The fourth-order valence-electron chi connectivity index (χ4n) is 2.20. The van der Waals surface area contributed by atoms with Crippen LogP contribution in [0.1, 0.15) is 19.8 Å². The molecule has 0 aliphatic carbocycles. The van der Waals surface area contributed by atoms with Crippen molar-refractivity contribution in [1.29, 1.82) is 0 Å². The highest BCUT2D eigenvalue weighted by atomic mass is 15.3. The molecule has 0 unspecified atom stereocenters. The molecule has 0 spiro atoms. The molecule has 4 heteroatoms. The normalized spacial score (nSPS) is 12.6. The van der Waals surface area contributed by atoms with Crippen LogP contribution < -0.4 is 10.2 Å². The predicted molar refractivity (Wildman–Crippen MR) is 73.7 cm³/mol. The minimum Gasteiger partial charge on any atom is -0.335 e. The van der Waals surface area contributed by atoms with Gasteiger partial charge in [0.1, 0.15) is 0 Å². The molecule has 4 nitrogen and oxygen atoms in total. The standard InChI is InChI=1S/C14H16N4/c1-2-3-10-18-12-7-5-8-15-13(12)17-11-6-4-9-16-14(11)18/h4-9H,2-3,10H2,1H3,(H,15,17). The molecule has 0 radical (unpaired) electrons. The maximum atomic E-state index is 4.49. The van der Waals surface area contributed by atoms with E-state index in [4.69, 9.17) is 0 Å². The van der Waals surface area contributed by atoms with Gasteiger partial charge in [0.05, 0.1) is 11.4 Å². The summed E-state index contributed by atoms with van der Waals surface area (Å²) in [7, 11) is 0. The molecule has 0 bridgehead atoms. The number of nitrogens with one attached hydrogen (secondary N) is 1. The van der Waals surface area contributed by atoms with Gasteiger partial charge in [0.2, 0.25) is 0 Å². The summed E-state index contributed by atoms with van der Waals surface area (Å²) in [6.45, 7) is 3.17. The highest BCUT2D eigenvalue weighted by Crippen LogP contribution is 2.40. The average Bonchev–Trinajstić information content (AvgIpc) is 2.43. The number of nitrogens with zero attached hydrogens (tertiary/aromatic N) is 3. The summed E-state index contributed by atoms with van der Waals surface area (Å²) in [5.41, 5.74) is 2.14. The van der Waals surface area contributed by atoms with E-state index in [1.165, 1.54) is 6.42 Å². The van der Waals surface area contributed by atoms with E-state index in [0.717, 1.165) is 36.0 Å². The summed E-state index contributed by atoms with van der Waals surface area (Å²) in [4.78, 5) is 11.1. The first kappa shape index (κ1) is 11.0. The minimum atomic E-state index is 0.911. The summed E-state index contributed by atoms with van der Waals surface area (Å²) in [6.07, 6.45) is 5.96. The highest BCUT2D eigenvalue weighted by Gasteiger charge is 2.23. The SMILES string of the molecule is CCCCN1c2cccnc2Nc2cccnc21. The molecule has 92 valence electrons. The second kappa shape index (κ2) is 4.64. The number of hydrogen-bond donors (Lipinski definition) is 1. The van der Waals surface area contributed by atoms with Crippen molar-refractivity contribution < 1.29 is 0 Å². The molecule has 0 saturated heterocycles. The second-order valence-corrected chi connectivity index (χ2v) is 4.38. The van der Waals surface area contributed by atoms with Crippen molar-refractivity contribution in [1.82, 2.24) is 9.97 Å². The van der Waals surface area contributed by atoms with Gasteiger partial charge in [0, 0.05) is 18.9 Å². The van der Waals surface area contributed by atoms with Crippen molar-refractivity contribution >= 4 is 23.0 Å². The smallest absolute Gasteiger partial charge is 0.156 e. The van der Waals surface area contributed by atoms with Crippen molar-refractivity contribution in [2.24, 2.45) is 0 Å². The van der Waals surface area contributed by atoms with Gasteiger partial charge < -0.3 is 10.2 Å². The van der Waals surface area contributed by atoms with Gasteiger partial charge >= 0.3 is 0 Å². The van der Waals surface area contributed by atoms with Gasteiger partial charge in [-0.05, 0) is 30.7 Å². The summed E-state index contributed by atoms with van der Waals surface area (Å²) in [6, 6.07) is 8.03. The number of fused-ring (bicyclic) bond motifs is 2. The van der Waals surface area contributed by atoms with Gasteiger partial charge in [-0.3, -0.25) is 0 Å². The third kappa shape index (κ3) is 1.79. The highest BCUT2D eigenvalue weighted by molar-refractivity contribution is 5.87. The molecule has 2 aromatic rings. The Morgan fingerprint density at radius 1 is 1.17 bits per heavy atom. The van der Waals surface area contributed by atoms with E-state index in [1.54, 1.807) is 0 Å². The molecule has 3 heterocycles. The van der Waals surface area contributed by atoms with Gasteiger partial charge in [-0.2, -0.15) is 0 Å². The third-order valence-electron chi connectivity index (χ3n) is 3.11. The van der Waals surface area contributed by atoms with Crippen LogP contribution in [0.4, 0.5) is 23.0 Å². The lowest BCUT2D eigenvalue weighted by Crippen LogP contribution is -2.25. The van der Waals surface area contributed by atoms with Gasteiger partial charge in [0.15, 0.2) is 11.6 Å². The molecule has 1 aliphatic heterocycles. The average molecular weight is 240 g/mol. The van der Waals surface area contributed by atoms with Crippen molar-refractivity contribution in [2.75, 3.05) is 16.8 Å². The fraction of sp³-hybridized carbons (Fsp3) is 0.286. The molecule has 2 aromatic heterocycles. The Bertz CT molecular complexity index is 507. The van der Waals surface area contributed by atoms with Crippen molar-refractivity contribution in [3.05, 3.63) is 36.7 Å². The van der Waals surface area contributed by atoms with Crippen molar-refractivity contribution in [3.8, 4) is 0 Å². The third-order valence-corrected chi connectivity index (χ3v) is 3.11. The van der Waals surface area contributed by atoms with Gasteiger partial charge in [-0.25, -0.2) is 9.97 Å². The zero-order valence-electron chi connectivity index (χ0n) is 10.4. The molecule has 1 N–H and O–H groups in total. The molecule has 0 amide bonds. The molecule has 3 rings (SSSR count). The van der Waals surface area contributed by atoms with Crippen molar-refractivity contribution in [3.63, 3.8) is 0 Å². The minimum absolute atomic E-state index is 0.911. The Hall–Kier alpha value is -2.10. The van der Waals surface area contributed by atoms with Gasteiger partial charge in [-0.1, -0.05) is 13.3 Å². The Balaban J connectivity index is 2.05. The van der Waals surface area contributed by atoms with E-state index in [2.05, 4.69) is 33.2 Å². The lowest BCUT2D eigenvalue weighted by Gasteiger charge is -2.31. The first-order valence-corrected chi connectivity index (χ1v) is 6.34. The van der Waals surface area contributed by atoms with E-state index >= 15 is 0 Å². The molecule has 0 fully saturated rings. The molecule has 18 heavy (non-hydrogen) atoms. The molecular formula is C14H16N4. The van der Waals surface area contributed by atoms with Crippen LogP contribution in [0, 0.1) is 0 Å². The topological polar surface area (TPSA) is 41.1 Å². The van der Waals surface area contributed by atoms with Crippen LogP contribution in [0.25, 0.3) is 0 Å². The second-order valence-electron chi connectivity index (χ2n) is 4.38. The van der Waals surface area contributed by atoms with Crippen LogP contribution in [-0.4, -0.2) is 16.5 Å². The van der Waals surface area contributed by atoms with E-state index in [0.29, 0.717) is 0 Å². The maximum Gasteiger partial charge on any atom is 0.156 e. The van der Waals surface area contributed by atoms with Crippen LogP contribution in [0.5, 0.6) is 0 Å². The van der Waals surface area contributed by atoms with Gasteiger partial charge in [-0.15, -0.1) is 0 Å². The lowest BCUT2D eigenvalue weighted by molar-refractivity contribution is 0.777. The summed E-state index contributed by atoms with van der Waals surface area (Å²) in [5, 5.41) is 3.33. The lowest BCUT2D eigenvalue weighted by atomic mass is 10.2. The number of rotatable bonds is 3. The fourth-order valence-corrected chi connectivity index (χ4v) is 2.20. The number of pyridine rings is 2. The molecule has 0 aromatic carbocycles. The summed E-state index contributed by atoms with van der Waals surface area (Å²) in [5.74, 6) is 1.90. The Morgan fingerprint density at radius 2 is 2.00 bits per heavy atom.